The molecule has 0 aliphatic carbocycles. The molecule has 10 heteroatoms. The van der Waals surface area contributed by atoms with E-state index in [1.165, 1.54) is 12.4 Å². The van der Waals surface area contributed by atoms with Gasteiger partial charge in [0.1, 0.15) is 0 Å². The van der Waals surface area contributed by atoms with Crippen LogP contribution in [0, 0.1) is 12.8 Å². The quantitative estimate of drug-likeness (QED) is 0.277. The molecule has 0 bridgehead atoms. The molecule has 0 unspecified atom stereocenters. The highest BCUT2D eigenvalue weighted by Crippen LogP contribution is 2.45. The molecule has 0 spiro atoms. The summed E-state index contributed by atoms with van der Waals surface area (Å²) in [7, 11) is 1.71. The van der Waals surface area contributed by atoms with Gasteiger partial charge in [-0.25, -0.2) is 14.8 Å². The number of carbonyl (C=O) groups excluding carboxylic acids is 1. The third kappa shape index (κ3) is 6.49. The SMILES string of the molecule is CNc1ncc(C(=O)N2CCC[C@@H]([C@@](O)(CCCNC(=O)O)c3cccc(Cl)c3-c3cccc(C)c3)C2)cn1. The Balaban J connectivity index is 1.70. The van der Waals surface area contributed by atoms with E-state index in [0.29, 0.717) is 60.9 Å². The summed E-state index contributed by atoms with van der Waals surface area (Å²) < 4.78 is 0. The molecule has 9 nitrogen and oxygen atoms in total. The average Bonchev–Trinajstić information content (AvgIpc) is 2.94. The van der Waals surface area contributed by atoms with Crippen LogP contribution < -0.4 is 10.6 Å². The number of aryl methyl sites for hydroxylation is 1. The van der Waals surface area contributed by atoms with Crippen molar-refractivity contribution >= 4 is 29.5 Å². The summed E-state index contributed by atoms with van der Waals surface area (Å²) >= 11 is 6.76. The first-order chi connectivity index (χ1) is 18.7. The van der Waals surface area contributed by atoms with Crippen molar-refractivity contribution in [2.24, 2.45) is 5.92 Å². The van der Waals surface area contributed by atoms with Crippen molar-refractivity contribution in [3.05, 3.63) is 76.6 Å². The number of carbonyl (C=O) groups is 2. The zero-order valence-corrected chi connectivity index (χ0v) is 22.9. The zero-order chi connectivity index (χ0) is 28.0. The summed E-state index contributed by atoms with van der Waals surface area (Å²) in [5.74, 6) is -0.0705. The van der Waals surface area contributed by atoms with Crippen LogP contribution in [0.2, 0.25) is 5.02 Å². The number of anilines is 1. The van der Waals surface area contributed by atoms with E-state index in [-0.39, 0.29) is 18.4 Å². The lowest BCUT2D eigenvalue weighted by molar-refractivity contribution is -0.0563. The third-order valence-electron chi connectivity index (χ3n) is 7.30. The minimum Gasteiger partial charge on any atom is -0.465 e. The van der Waals surface area contributed by atoms with Crippen molar-refractivity contribution in [2.75, 3.05) is 32.0 Å². The van der Waals surface area contributed by atoms with Gasteiger partial charge in [0.25, 0.3) is 5.91 Å². The van der Waals surface area contributed by atoms with Crippen LogP contribution in [0.25, 0.3) is 11.1 Å². The fraction of sp³-hybridized carbons (Fsp3) is 0.379. The Labute approximate surface area is 233 Å². The molecule has 1 aliphatic heterocycles. The van der Waals surface area contributed by atoms with Gasteiger partial charge in [0.15, 0.2) is 0 Å². The predicted molar refractivity (Wildman–Crippen MR) is 151 cm³/mol. The Kier molecular flexibility index (Phi) is 9.04. The first-order valence-corrected chi connectivity index (χ1v) is 13.4. The zero-order valence-electron chi connectivity index (χ0n) is 22.2. The summed E-state index contributed by atoms with van der Waals surface area (Å²) in [5, 5.41) is 27.3. The van der Waals surface area contributed by atoms with E-state index in [2.05, 4.69) is 20.6 Å². The molecule has 2 aromatic carbocycles. The number of halogens is 1. The van der Waals surface area contributed by atoms with Gasteiger partial charge in [-0.15, -0.1) is 0 Å². The standard InChI is InChI=1S/C29H34ClN5O4/c1-19-7-3-8-20(15-19)25-23(10-4-11-24(25)30)29(39,12-6-13-32-28(37)38)22-9-5-14-35(18-22)26(36)21-16-33-27(31-2)34-17-21/h3-4,7-8,10-11,15-17,22,32,39H,5-6,9,12-14,18H2,1-2H3,(H,37,38)(H,31,33,34)/t22-,29+/m1/s1. The van der Waals surface area contributed by atoms with Crippen LogP contribution in [0.1, 0.15) is 47.2 Å². The fourth-order valence-corrected chi connectivity index (χ4v) is 5.68. The highest BCUT2D eigenvalue weighted by atomic mass is 35.5. The maximum absolute atomic E-state index is 13.4. The smallest absolute Gasteiger partial charge is 0.404 e. The number of likely N-dealkylation sites (tertiary alicyclic amines) is 1. The Morgan fingerprint density at radius 2 is 1.92 bits per heavy atom. The van der Waals surface area contributed by atoms with Crippen LogP contribution in [0.4, 0.5) is 10.7 Å². The molecule has 1 fully saturated rings. The largest absolute Gasteiger partial charge is 0.465 e. The number of benzene rings is 2. The van der Waals surface area contributed by atoms with E-state index >= 15 is 0 Å². The van der Waals surface area contributed by atoms with E-state index in [9.17, 15) is 14.7 Å². The summed E-state index contributed by atoms with van der Waals surface area (Å²) in [6.45, 7) is 3.08. The molecule has 1 aromatic heterocycles. The number of aromatic nitrogens is 2. The van der Waals surface area contributed by atoms with E-state index in [0.717, 1.165) is 16.7 Å². The minimum absolute atomic E-state index is 0.192. The van der Waals surface area contributed by atoms with Gasteiger partial charge in [0, 0.05) is 55.6 Å². The number of hydrogen-bond acceptors (Lipinski definition) is 6. The maximum atomic E-state index is 13.4. The summed E-state index contributed by atoms with van der Waals surface area (Å²) in [6, 6.07) is 13.5. The number of hydrogen-bond donors (Lipinski definition) is 4. The van der Waals surface area contributed by atoms with Crippen LogP contribution in [-0.4, -0.2) is 63.8 Å². The van der Waals surface area contributed by atoms with E-state index in [1.54, 1.807) is 18.0 Å². The molecule has 2 amide bonds. The Bertz CT molecular complexity index is 1320. The van der Waals surface area contributed by atoms with E-state index in [4.69, 9.17) is 16.7 Å². The second-order valence-corrected chi connectivity index (χ2v) is 10.3. The number of nitrogens with zero attached hydrogens (tertiary/aromatic N) is 3. The van der Waals surface area contributed by atoms with Crippen molar-refractivity contribution in [1.29, 1.82) is 0 Å². The minimum atomic E-state index is -1.37. The van der Waals surface area contributed by atoms with Gasteiger partial charge in [-0.2, -0.15) is 0 Å². The molecule has 39 heavy (non-hydrogen) atoms. The number of nitrogens with one attached hydrogen (secondary N) is 2. The lowest BCUT2D eigenvalue weighted by atomic mass is 9.72. The molecule has 3 aromatic rings. The number of rotatable bonds is 9. The predicted octanol–water partition coefficient (Wildman–Crippen LogP) is 4.93. The normalized spacial score (nSPS) is 16.8. The van der Waals surface area contributed by atoms with Gasteiger partial charge >= 0.3 is 6.09 Å². The second-order valence-electron chi connectivity index (χ2n) is 9.93. The summed E-state index contributed by atoms with van der Waals surface area (Å²) in [5.41, 5.74) is 2.40. The van der Waals surface area contributed by atoms with Crippen molar-refractivity contribution in [3.63, 3.8) is 0 Å². The molecule has 2 heterocycles. The number of carboxylic acid groups (broad SMARTS) is 1. The monoisotopic (exact) mass is 551 g/mol. The van der Waals surface area contributed by atoms with Crippen LogP contribution in [0.3, 0.4) is 0 Å². The van der Waals surface area contributed by atoms with Crippen LogP contribution in [0.15, 0.2) is 54.9 Å². The van der Waals surface area contributed by atoms with Crippen molar-refractivity contribution in [3.8, 4) is 11.1 Å². The maximum Gasteiger partial charge on any atom is 0.404 e. The first kappa shape index (κ1) is 28.3. The Morgan fingerprint density at radius 1 is 1.18 bits per heavy atom. The highest BCUT2D eigenvalue weighted by molar-refractivity contribution is 6.33. The summed E-state index contributed by atoms with van der Waals surface area (Å²) in [4.78, 5) is 34.5. The average molecular weight is 552 g/mol. The molecule has 1 saturated heterocycles. The molecule has 1 aliphatic rings. The lowest BCUT2D eigenvalue weighted by Crippen LogP contribution is -2.48. The van der Waals surface area contributed by atoms with E-state index < -0.39 is 11.7 Å². The van der Waals surface area contributed by atoms with Crippen molar-refractivity contribution in [2.45, 2.75) is 38.2 Å². The number of amides is 2. The highest BCUT2D eigenvalue weighted by Gasteiger charge is 2.43. The molecular formula is C29H34ClN5O4. The van der Waals surface area contributed by atoms with Gasteiger partial charge < -0.3 is 25.7 Å². The fourth-order valence-electron chi connectivity index (χ4n) is 5.39. The lowest BCUT2D eigenvalue weighted by Gasteiger charge is -2.43. The summed E-state index contributed by atoms with van der Waals surface area (Å²) in [6.07, 6.45) is 4.00. The van der Waals surface area contributed by atoms with Gasteiger partial charge in [-0.05, 0) is 49.8 Å². The van der Waals surface area contributed by atoms with Crippen LogP contribution in [0.5, 0.6) is 0 Å². The molecule has 206 valence electrons. The molecule has 4 N–H and O–H groups in total. The van der Waals surface area contributed by atoms with Gasteiger partial charge in [-0.3, -0.25) is 4.79 Å². The van der Waals surface area contributed by atoms with E-state index in [1.807, 2.05) is 43.3 Å². The van der Waals surface area contributed by atoms with Crippen molar-refractivity contribution < 1.29 is 19.8 Å². The van der Waals surface area contributed by atoms with Gasteiger partial charge in [-0.1, -0.05) is 53.6 Å². The topological polar surface area (TPSA) is 128 Å². The molecular weight excluding hydrogens is 518 g/mol. The van der Waals surface area contributed by atoms with Crippen LogP contribution in [-0.2, 0) is 5.60 Å². The van der Waals surface area contributed by atoms with Gasteiger partial charge in [0.05, 0.1) is 11.2 Å². The third-order valence-corrected chi connectivity index (χ3v) is 7.62. The van der Waals surface area contributed by atoms with Crippen molar-refractivity contribution in [1.82, 2.24) is 20.2 Å². The first-order valence-electron chi connectivity index (χ1n) is 13.1. The van der Waals surface area contributed by atoms with Crippen LogP contribution >= 0.6 is 11.6 Å². The van der Waals surface area contributed by atoms with Gasteiger partial charge in [0.2, 0.25) is 5.95 Å². The molecule has 0 saturated carbocycles. The second kappa shape index (κ2) is 12.4. The number of piperidine rings is 1. The number of aliphatic hydroxyl groups is 1. The molecule has 0 radical (unpaired) electrons. The Morgan fingerprint density at radius 3 is 2.62 bits per heavy atom. The molecule has 2 atom stereocenters. The molecule has 4 rings (SSSR count). The Hall–Kier alpha value is -3.69.